The van der Waals surface area contributed by atoms with Gasteiger partial charge >= 0.3 is 0 Å². The molecule has 17 heavy (non-hydrogen) atoms. The third-order valence-electron chi connectivity index (χ3n) is 3.36. The van der Waals surface area contributed by atoms with Crippen LogP contribution >= 0.6 is 0 Å². The molecule has 0 saturated heterocycles. The van der Waals surface area contributed by atoms with Crippen LogP contribution in [0, 0.1) is 11.8 Å². The van der Waals surface area contributed by atoms with E-state index in [1.807, 2.05) is 0 Å². The molecule has 0 aromatic carbocycles. The third-order valence-corrected chi connectivity index (χ3v) is 3.36. The fourth-order valence-corrected chi connectivity index (χ4v) is 2.41. The van der Waals surface area contributed by atoms with Gasteiger partial charge in [0.15, 0.2) is 0 Å². The zero-order valence-corrected chi connectivity index (χ0v) is 10.6. The van der Waals surface area contributed by atoms with Gasteiger partial charge in [-0.05, 0) is 12.3 Å². The van der Waals surface area contributed by atoms with Gasteiger partial charge in [-0.15, -0.1) is 10.2 Å². The van der Waals surface area contributed by atoms with Gasteiger partial charge in [0.2, 0.25) is 0 Å². The topological polar surface area (TPSA) is 60.2 Å². The van der Waals surface area contributed by atoms with Crippen LogP contribution in [-0.2, 0) is 24.1 Å². The number of rotatable bonds is 5. The Morgan fingerprint density at radius 1 is 1.53 bits per heavy atom. The van der Waals surface area contributed by atoms with E-state index < -0.39 is 0 Å². The predicted octanol–water partition coefficient (Wildman–Crippen LogP) is 0.658. The van der Waals surface area contributed by atoms with E-state index in [4.69, 9.17) is 4.74 Å². The van der Waals surface area contributed by atoms with Gasteiger partial charge in [-0.25, -0.2) is 0 Å². The van der Waals surface area contributed by atoms with Crippen molar-refractivity contribution in [3.8, 4) is 0 Å². The highest BCUT2D eigenvalue weighted by Crippen LogP contribution is 2.20. The summed E-state index contributed by atoms with van der Waals surface area (Å²) in [6.45, 7) is 4.00. The molecule has 1 aromatic heterocycles. The SMILES string of the molecule is COCC(C)Cc1nnc2n1CC(CO)CC2. The number of ether oxygens (including phenoxy) is 1. The quantitative estimate of drug-likeness (QED) is 0.820. The summed E-state index contributed by atoms with van der Waals surface area (Å²) in [5, 5.41) is 17.7. The first kappa shape index (κ1) is 12.5. The van der Waals surface area contributed by atoms with E-state index in [-0.39, 0.29) is 6.61 Å². The summed E-state index contributed by atoms with van der Waals surface area (Å²) < 4.78 is 7.32. The molecule has 0 spiro atoms. The van der Waals surface area contributed by atoms with Crippen LogP contribution < -0.4 is 0 Å². The standard InChI is InChI=1S/C12H21N3O2/c1-9(8-17-2)5-12-14-13-11-4-3-10(7-16)6-15(11)12/h9-10,16H,3-8H2,1-2H3. The molecule has 2 rings (SSSR count). The van der Waals surface area contributed by atoms with Gasteiger partial charge < -0.3 is 14.4 Å². The minimum Gasteiger partial charge on any atom is -0.396 e. The van der Waals surface area contributed by atoms with E-state index in [1.54, 1.807) is 7.11 Å². The molecule has 2 heterocycles. The van der Waals surface area contributed by atoms with E-state index in [9.17, 15) is 5.11 Å². The van der Waals surface area contributed by atoms with Crippen molar-refractivity contribution in [2.75, 3.05) is 20.3 Å². The van der Waals surface area contributed by atoms with Crippen LogP contribution in [0.1, 0.15) is 25.0 Å². The van der Waals surface area contributed by atoms with Crippen molar-refractivity contribution in [1.29, 1.82) is 0 Å². The zero-order chi connectivity index (χ0) is 12.3. The van der Waals surface area contributed by atoms with Crippen LogP contribution in [0.25, 0.3) is 0 Å². The first-order valence-corrected chi connectivity index (χ1v) is 6.25. The van der Waals surface area contributed by atoms with Gasteiger partial charge in [-0.3, -0.25) is 0 Å². The van der Waals surface area contributed by atoms with Crippen molar-refractivity contribution in [3.63, 3.8) is 0 Å². The molecule has 2 atom stereocenters. The average Bonchev–Trinajstić information content (AvgIpc) is 2.72. The van der Waals surface area contributed by atoms with E-state index in [0.717, 1.165) is 44.1 Å². The van der Waals surface area contributed by atoms with Crippen molar-refractivity contribution >= 4 is 0 Å². The maximum atomic E-state index is 9.24. The molecule has 1 N–H and O–H groups in total. The largest absolute Gasteiger partial charge is 0.396 e. The molecule has 0 saturated carbocycles. The lowest BCUT2D eigenvalue weighted by molar-refractivity contribution is 0.156. The summed E-state index contributed by atoms with van der Waals surface area (Å²) in [5.41, 5.74) is 0. The van der Waals surface area contributed by atoms with Crippen LogP contribution in [0.2, 0.25) is 0 Å². The Morgan fingerprint density at radius 2 is 2.35 bits per heavy atom. The van der Waals surface area contributed by atoms with Gasteiger partial charge in [-0.1, -0.05) is 6.92 Å². The molecule has 1 aliphatic heterocycles. The Labute approximate surface area is 102 Å². The number of hydrogen-bond donors (Lipinski definition) is 1. The number of aryl methyl sites for hydroxylation is 1. The minimum absolute atomic E-state index is 0.255. The summed E-state index contributed by atoms with van der Waals surface area (Å²) in [6.07, 6.45) is 2.83. The summed E-state index contributed by atoms with van der Waals surface area (Å²) in [4.78, 5) is 0. The fourth-order valence-electron chi connectivity index (χ4n) is 2.41. The van der Waals surface area contributed by atoms with Crippen LogP contribution in [0.3, 0.4) is 0 Å². The van der Waals surface area contributed by atoms with Crippen molar-refractivity contribution in [2.24, 2.45) is 11.8 Å². The summed E-state index contributed by atoms with van der Waals surface area (Å²) in [7, 11) is 1.72. The molecule has 0 amide bonds. The molecule has 1 aliphatic rings. The summed E-state index contributed by atoms with van der Waals surface area (Å²) >= 11 is 0. The molecule has 5 nitrogen and oxygen atoms in total. The highest BCUT2D eigenvalue weighted by Gasteiger charge is 2.22. The molecule has 0 aliphatic carbocycles. The maximum Gasteiger partial charge on any atom is 0.133 e. The lowest BCUT2D eigenvalue weighted by Gasteiger charge is -2.23. The van der Waals surface area contributed by atoms with Crippen molar-refractivity contribution < 1.29 is 9.84 Å². The van der Waals surface area contributed by atoms with E-state index in [0.29, 0.717) is 11.8 Å². The summed E-state index contributed by atoms with van der Waals surface area (Å²) in [5.74, 6) is 2.90. The van der Waals surface area contributed by atoms with Crippen LogP contribution in [0.5, 0.6) is 0 Å². The molecular formula is C12H21N3O2. The van der Waals surface area contributed by atoms with E-state index in [1.165, 1.54) is 0 Å². The number of nitrogens with zero attached hydrogens (tertiary/aromatic N) is 3. The molecule has 0 fully saturated rings. The molecule has 0 bridgehead atoms. The Bertz CT molecular complexity index is 365. The molecular weight excluding hydrogens is 218 g/mol. The molecule has 5 heteroatoms. The molecule has 96 valence electrons. The maximum absolute atomic E-state index is 9.24. The Balaban J connectivity index is 2.07. The van der Waals surface area contributed by atoms with Gasteiger partial charge in [0, 0.05) is 45.6 Å². The number of methoxy groups -OCH3 is 1. The Hall–Kier alpha value is -0.940. The fraction of sp³-hybridized carbons (Fsp3) is 0.833. The highest BCUT2D eigenvalue weighted by atomic mass is 16.5. The minimum atomic E-state index is 0.255. The van der Waals surface area contributed by atoms with Gasteiger partial charge in [0.1, 0.15) is 11.6 Å². The summed E-state index contributed by atoms with van der Waals surface area (Å²) in [6, 6.07) is 0. The third kappa shape index (κ3) is 2.84. The number of aromatic nitrogens is 3. The lowest BCUT2D eigenvalue weighted by atomic mass is 10.00. The molecule has 2 unspecified atom stereocenters. The molecule has 0 radical (unpaired) electrons. The first-order chi connectivity index (χ1) is 8.24. The lowest BCUT2D eigenvalue weighted by Crippen LogP contribution is -2.25. The monoisotopic (exact) mass is 239 g/mol. The van der Waals surface area contributed by atoms with Crippen molar-refractivity contribution in [3.05, 3.63) is 11.6 Å². The first-order valence-electron chi connectivity index (χ1n) is 6.25. The number of aliphatic hydroxyl groups excluding tert-OH is 1. The predicted molar refractivity (Wildman–Crippen MR) is 63.7 cm³/mol. The van der Waals surface area contributed by atoms with E-state index in [2.05, 4.69) is 21.7 Å². The zero-order valence-electron chi connectivity index (χ0n) is 10.6. The second-order valence-corrected chi connectivity index (χ2v) is 4.99. The van der Waals surface area contributed by atoms with Crippen molar-refractivity contribution in [2.45, 2.75) is 32.7 Å². The second-order valence-electron chi connectivity index (χ2n) is 4.99. The van der Waals surface area contributed by atoms with E-state index >= 15 is 0 Å². The van der Waals surface area contributed by atoms with Gasteiger partial charge in [-0.2, -0.15) is 0 Å². The van der Waals surface area contributed by atoms with Crippen LogP contribution in [-0.4, -0.2) is 40.2 Å². The van der Waals surface area contributed by atoms with Gasteiger partial charge in [0.05, 0.1) is 0 Å². The Kier molecular flexibility index (Phi) is 4.12. The van der Waals surface area contributed by atoms with Crippen LogP contribution in [0.4, 0.5) is 0 Å². The smallest absolute Gasteiger partial charge is 0.133 e. The van der Waals surface area contributed by atoms with Gasteiger partial charge in [0.25, 0.3) is 0 Å². The highest BCUT2D eigenvalue weighted by molar-refractivity contribution is 5.01. The number of aliphatic hydroxyl groups is 1. The average molecular weight is 239 g/mol. The number of fused-ring (bicyclic) bond motifs is 1. The Morgan fingerprint density at radius 3 is 3.06 bits per heavy atom. The number of hydrogen-bond acceptors (Lipinski definition) is 4. The van der Waals surface area contributed by atoms with Crippen LogP contribution in [0.15, 0.2) is 0 Å². The molecule has 1 aromatic rings. The second kappa shape index (κ2) is 5.60. The van der Waals surface area contributed by atoms with Crippen molar-refractivity contribution in [1.82, 2.24) is 14.8 Å². The normalized spacial score (nSPS) is 21.2.